The molecule has 0 bridgehead atoms. The number of methoxy groups -OCH3 is 1. The van der Waals surface area contributed by atoms with Crippen LogP contribution in [-0.4, -0.2) is 34.5 Å². The number of phenolic OH excluding ortho intramolecular Hbond substituents is 1. The lowest BCUT2D eigenvalue weighted by molar-refractivity contribution is -0.385. The van der Waals surface area contributed by atoms with Crippen LogP contribution >= 0.6 is 0 Å². The van der Waals surface area contributed by atoms with Gasteiger partial charge in [0.15, 0.2) is 11.5 Å². The summed E-state index contributed by atoms with van der Waals surface area (Å²) in [5, 5.41) is 39.8. The second-order valence-corrected chi connectivity index (χ2v) is 6.51. The lowest BCUT2D eigenvalue weighted by Crippen LogP contribution is -1.97. The largest absolute Gasteiger partial charge is 0.504 e. The van der Waals surface area contributed by atoms with Gasteiger partial charge in [-0.3, -0.25) is 31.1 Å². The number of anilines is 2. The second kappa shape index (κ2) is 10.3. The fraction of sp³-hybridized carbons (Fsp3) is 0.0476. The summed E-state index contributed by atoms with van der Waals surface area (Å²) in [4.78, 5) is 20.4. The minimum atomic E-state index is -0.496. The number of nitro groups is 2. The van der Waals surface area contributed by atoms with Gasteiger partial charge in [-0.2, -0.15) is 10.2 Å². The van der Waals surface area contributed by atoms with Crippen molar-refractivity contribution in [2.45, 2.75) is 0 Å². The van der Waals surface area contributed by atoms with E-state index in [1.165, 1.54) is 74.1 Å². The number of rotatable bonds is 9. The first kappa shape index (κ1) is 22.7. The SMILES string of the molecule is COc1c(O)cc(/C=N/Nc2ccc([N+](=O)[O-])cc2)cc1/C=N/Nc1ccc([N+](=O)[O-])cc1. The summed E-state index contributed by atoms with van der Waals surface area (Å²) in [7, 11) is 1.40. The van der Waals surface area contributed by atoms with Crippen LogP contribution in [-0.2, 0) is 0 Å². The molecule has 168 valence electrons. The fourth-order valence-corrected chi connectivity index (χ4v) is 2.72. The molecule has 0 aliphatic rings. The van der Waals surface area contributed by atoms with Gasteiger partial charge < -0.3 is 9.84 Å². The zero-order chi connectivity index (χ0) is 23.8. The molecule has 0 heterocycles. The Morgan fingerprint density at radius 1 is 0.848 bits per heavy atom. The van der Waals surface area contributed by atoms with E-state index in [-0.39, 0.29) is 22.9 Å². The molecule has 0 unspecified atom stereocenters. The quantitative estimate of drug-likeness (QED) is 0.249. The molecule has 3 aromatic carbocycles. The first-order valence-corrected chi connectivity index (χ1v) is 9.35. The normalized spacial score (nSPS) is 10.9. The summed E-state index contributed by atoms with van der Waals surface area (Å²) in [6.45, 7) is 0. The molecule has 0 atom stereocenters. The van der Waals surface area contributed by atoms with Crippen molar-refractivity contribution in [3.05, 3.63) is 92.0 Å². The average molecular weight is 450 g/mol. The third kappa shape index (κ3) is 6.01. The maximum atomic E-state index is 10.7. The molecular weight excluding hydrogens is 432 g/mol. The van der Waals surface area contributed by atoms with Crippen molar-refractivity contribution in [2.75, 3.05) is 18.0 Å². The fourth-order valence-electron chi connectivity index (χ4n) is 2.72. The lowest BCUT2D eigenvalue weighted by Gasteiger charge is -2.08. The van der Waals surface area contributed by atoms with E-state index >= 15 is 0 Å². The number of benzene rings is 3. The summed E-state index contributed by atoms with van der Waals surface area (Å²) in [6, 6.07) is 14.6. The third-order valence-corrected chi connectivity index (χ3v) is 4.29. The molecule has 3 aromatic rings. The predicted molar refractivity (Wildman–Crippen MR) is 123 cm³/mol. The van der Waals surface area contributed by atoms with E-state index in [9.17, 15) is 25.3 Å². The topological polar surface area (TPSA) is 165 Å². The summed E-state index contributed by atoms with van der Waals surface area (Å²) >= 11 is 0. The molecular formula is C21H18N6O6. The molecule has 0 aliphatic carbocycles. The number of hydrazone groups is 2. The maximum Gasteiger partial charge on any atom is 0.269 e. The molecule has 0 spiro atoms. The Balaban J connectivity index is 1.72. The minimum Gasteiger partial charge on any atom is -0.504 e. The highest BCUT2D eigenvalue weighted by atomic mass is 16.6. The first-order valence-electron chi connectivity index (χ1n) is 9.35. The number of phenols is 1. The van der Waals surface area contributed by atoms with E-state index < -0.39 is 9.85 Å². The van der Waals surface area contributed by atoms with Crippen molar-refractivity contribution in [2.24, 2.45) is 10.2 Å². The Hall–Kier alpha value is -5.00. The van der Waals surface area contributed by atoms with E-state index in [1.807, 2.05) is 0 Å². The van der Waals surface area contributed by atoms with E-state index in [4.69, 9.17) is 4.74 Å². The van der Waals surface area contributed by atoms with Gasteiger partial charge in [-0.15, -0.1) is 0 Å². The van der Waals surface area contributed by atoms with Crippen molar-refractivity contribution >= 4 is 35.2 Å². The first-order chi connectivity index (χ1) is 15.9. The van der Waals surface area contributed by atoms with Crippen LogP contribution in [0.1, 0.15) is 11.1 Å². The molecule has 0 radical (unpaired) electrons. The van der Waals surface area contributed by atoms with Crippen LogP contribution in [0, 0.1) is 20.2 Å². The summed E-state index contributed by atoms with van der Waals surface area (Å²) < 4.78 is 5.22. The molecule has 0 saturated heterocycles. The number of nitrogens with zero attached hydrogens (tertiary/aromatic N) is 4. The Bertz CT molecular complexity index is 1210. The average Bonchev–Trinajstić information content (AvgIpc) is 2.79. The number of ether oxygens (including phenoxy) is 1. The van der Waals surface area contributed by atoms with Crippen molar-refractivity contribution < 1.29 is 19.7 Å². The van der Waals surface area contributed by atoms with Crippen molar-refractivity contribution in [3.8, 4) is 11.5 Å². The van der Waals surface area contributed by atoms with Gasteiger partial charge in [-0.1, -0.05) is 0 Å². The minimum absolute atomic E-state index is 0.0316. The molecule has 12 heteroatoms. The smallest absolute Gasteiger partial charge is 0.269 e. The summed E-state index contributed by atoms with van der Waals surface area (Å²) in [6.07, 6.45) is 2.86. The van der Waals surface area contributed by atoms with Crippen LogP contribution in [0.4, 0.5) is 22.7 Å². The van der Waals surface area contributed by atoms with Gasteiger partial charge in [0.05, 0.1) is 40.8 Å². The molecule has 0 aromatic heterocycles. The van der Waals surface area contributed by atoms with Crippen LogP contribution in [0.15, 0.2) is 70.9 Å². The van der Waals surface area contributed by atoms with Crippen LogP contribution < -0.4 is 15.6 Å². The zero-order valence-corrected chi connectivity index (χ0v) is 17.2. The van der Waals surface area contributed by atoms with Crippen LogP contribution in [0.2, 0.25) is 0 Å². The van der Waals surface area contributed by atoms with Crippen LogP contribution in [0.3, 0.4) is 0 Å². The highest BCUT2D eigenvalue weighted by molar-refractivity contribution is 5.91. The third-order valence-electron chi connectivity index (χ3n) is 4.29. The Morgan fingerprint density at radius 3 is 1.79 bits per heavy atom. The van der Waals surface area contributed by atoms with Crippen molar-refractivity contribution in [1.82, 2.24) is 0 Å². The summed E-state index contributed by atoms with van der Waals surface area (Å²) in [5.41, 5.74) is 7.47. The van der Waals surface area contributed by atoms with Gasteiger partial charge >= 0.3 is 0 Å². The van der Waals surface area contributed by atoms with E-state index in [2.05, 4.69) is 21.1 Å². The zero-order valence-electron chi connectivity index (χ0n) is 17.2. The molecule has 12 nitrogen and oxygen atoms in total. The molecule has 3 N–H and O–H groups in total. The van der Waals surface area contributed by atoms with Gasteiger partial charge in [0.1, 0.15) is 0 Å². The molecule has 33 heavy (non-hydrogen) atoms. The number of hydrogen-bond donors (Lipinski definition) is 3. The number of aromatic hydroxyl groups is 1. The molecule has 0 aliphatic heterocycles. The number of hydrogen-bond acceptors (Lipinski definition) is 10. The number of non-ortho nitro benzene ring substituents is 2. The van der Waals surface area contributed by atoms with E-state index in [0.717, 1.165) is 0 Å². The highest BCUT2D eigenvalue weighted by Crippen LogP contribution is 2.30. The Kier molecular flexibility index (Phi) is 7.11. The Morgan fingerprint density at radius 2 is 1.33 bits per heavy atom. The lowest BCUT2D eigenvalue weighted by atomic mass is 10.1. The standard InChI is InChI=1S/C21H18N6O6/c1-33-21-15(13-23-25-17-4-8-19(9-5-17)27(31)32)10-14(11-20(21)28)12-22-24-16-2-6-18(7-3-16)26(29)30/h2-13,24-25,28H,1H3/b22-12+,23-13+. The predicted octanol–water partition coefficient (Wildman–Crippen LogP) is 4.11. The second-order valence-electron chi connectivity index (χ2n) is 6.51. The van der Waals surface area contributed by atoms with Crippen LogP contribution in [0.5, 0.6) is 11.5 Å². The number of nitro benzene ring substituents is 2. The van der Waals surface area contributed by atoms with Crippen LogP contribution in [0.25, 0.3) is 0 Å². The Labute approximate surface area is 187 Å². The van der Waals surface area contributed by atoms with E-state index in [1.54, 1.807) is 6.07 Å². The van der Waals surface area contributed by atoms with Crippen molar-refractivity contribution in [3.63, 3.8) is 0 Å². The van der Waals surface area contributed by atoms with E-state index in [0.29, 0.717) is 22.5 Å². The van der Waals surface area contributed by atoms with Gasteiger partial charge in [0.25, 0.3) is 11.4 Å². The van der Waals surface area contributed by atoms with Gasteiger partial charge in [0.2, 0.25) is 0 Å². The van der Waals surface area contributed by atoms with Crippen molar-refractivity contribution in [1.29, 1.82) is 0 Å². The molecule has 3 rings (SSSR count). The highest BCUT2D eigenvalue weighted by Gasteiger charge is 2.09. The molecule has 0 amide bonds. The van der Waals surface area contributed by atoms with Gasteiger partial charge in [-0.05, 0) is 42.0 Å². The molecule has 0 fully saturated rings. The maximum absolute atomic E-state index is 10.7. The number of nitrogens with one attached hydrogen (secondary N) is 2. The summed E-state index contributed by atoms with van der Waals surface area (Å²) in [5.74, 6) is 0.0679. The monoisotopic (exact) mass is 450 g/mol. The van der Waals surface area contributed by atoms with Gasteiger partial charge in [-0.25, -0.2) is 0 Å². The molecule has 0 saturated carbocycles. The van der Waals surface area contributed by atoms with Gasteiger partial charge in [0, 0.05) is 29.8 Å².